The molecule has 0 atom stereocenters. The Labute approximate surface area is 121 Å². The molecule has 2 aromatic rings. The summed E-state index contributed by atoms with van der Waals surface area (Å²) in [6, 6.07) is 4.96. The van der Waals surface area contributed by atoms with E-state index in [2.05, 4.69) is 36.5 Å². The van der Waals surface area contributed by atoms with Crippen molar-refractivity contribution in [2.45, 2.75) is 6.18 Å². The minimum absolute atomic E-state index is 0.278. The molecule has 1 aromatic carbocycles. The van der Waals surface area contributed by atoms with Crippen molar-refractivity contribution < 1.29 is 13.2 Å². The fourth-order valence-electron chi connectivity index (χ4n) is 1.50. The van der Waals surface area contributed by atoms with Gasteiger partial charge in [0.1, 0.15) is 18.0 Å². The van der Waals surface area contributed by atoms with Gasteiger partial charge in [-0.2, -0.15) is 13.2 Å². The Bertz CT molecular complexity index is 616. The lowest BCUT2D eigenvalue weighted by Gasteiger charge is -2.12. The van der Waals surface area contributed by atoms with Crippen LogP contribution in [0.25, 0.3) is 0 Å². The minimum Gasteiger partial charge on any atom is -0.373 e. The molecule has 2 N–H and O–H groups in total. The third-order valence-corrected chi connectivity index (χ3v) is 3.17. The number of aromatic nitrogens is 2. The normalized spacial score (nSPS) is 11.2. The summed E-state index contributed by atoms with van der Waals surface area (Å²) >= 11 is 3.20. The lowest BCUT2D eigenvalue weighted by atomic mass is 10.2. The number of hydrogen-bond acceptors (Lipinski definition) is 4. The van der Waals surface area contributed by atoms with Gasteiger partial charge in [0, 0.05) is 17.6 Å². The summed E-state index contributed by atoms with van der Waals surface area (Å²) in [5.74, 6) is 0.954. The highest BCUT2D eigenvalue weighted by molar-refractivity contribution is 9.10. The largest absolute Gasteiger partial charge is 0.416 e. The smallest absolute Gasteiger partial charge is 0.373 e. The maximum atomic E-state index is 12.7. The molecule has 20 heavy (non-hydrogen) atoms. The molecule has 0 amide bonds. The maximum Gasteiger partial charge on any atom is 0.416 e. The Morgan fingerprint density at radius 1 is 1.10 bits per heavy atom. The standard InChI is InChI=1S/C12H10BrF3N4/c1-17-10-5-11(19-6-18-10)20-9-4-7(12(14,15)16)2-3-8(9)13/h2-6H,1H3,(H2,17,18,19,20). The molecule has 0 bridgehead atoms. The number of rotatable bonds is 3. The second-order valence-corrected chi connectivity index (χ2v) is 4.71. The SMILES string of the molecule is CNc1cc(Nc2cc(C(F)(F)F)ccc2Br)ncn1. The molecule has 0 fully saturated rings. The molecule has 0 aliphatic carbocycles. The molecule has 1 heterocycles. The third-order valence-electron chi connectivity index (χ3n) is 2.48. The van der Waals surface area contributed by atoms with E-state index < -0.39 is 11.7 Å². The van der Waals surface area contributed by atoms with Crippen LogP contribution in [0.1, 0.15) is 5.56 Å². The second kappa shape index (κ2) is 5.66. The van der Waals surface area contributed by atoms with Gasteiger partial charge in [-0.05, 0) is 34.1 Å². The number of hydrogen-bond donors (Lipinski definition) is 2. The Hall–Kier alpha value is -1.83. The first-order valence-electron chi connectivity index (χ1n) is 5.53. The zero-order valence-corrected chi connectivity index (χ0v) is 11.9. The molecular formula is C12H10BrF3N4. The van der Waals surface area contributed by atoms with Crippen LogP contribution in [0.3, 0.4) is 0 Å². The fraction of sp³-hybridized carbons (Fsp3) is 0.167. The lowest BCUT2D eigenvalue weighted by Crippen LogP contribution is -2.06. The summed E-state index contributed by atoms with van der Waals surface area (Å²) in [6.07, 6.45) is -3.07. The van der Waals surface area contributed by atoms with Crippen molar-refractivity contribution in [1.82, 2.24) is 9.97 Å². The van der Waals surface area contributed by atoms with Crippen LogP contribution in [0.2, 0.25) is 0 Å². The predicted octanol–water partition coefficient (Wildman–Crippen LogP) is 4.04. The van der Waals surface area contributed by atoms with Crippen LogP contribution in [0.5, 0.6) is 0 Å². The van der Waals surface area contributed by atoms with Gasteiger partial charge in [0.2, 0.25) is 0 Å². The molecule has 1 aromatic heterocycles. The monoisotopic (exact) mass is 346 g/mol. The number of nitrogens with zero attached hydrogens (tertiary/aromatic N) is 2. The van der Waals surface area contributed by atoms with Crippen molar-refractivity contribution in [2.75, 3.05) is 17.7 Å². The summed E-state index contributed by atoms with van der Waals surface area (Å²) in [5.41, 5.74) is -0.452. The van der Waals surface area contributed by atoms with Crippen LogP contribution in [0, 0.1) is 0 Å². The van der Waals surface area contributed by atoms with Gasteiger partial charge in [0.05, 0.1) is 11.3 Å². The first kappa shape index (κ1) is 14.6. The first-order chi connectivity index (χ1) is 9.40. The summed E-state index contributed by atoms with van der Waals surface area (Å²) in [4.78, 5) is 7.88. The third kappa shape index (κ3) is 3.38. The summed E-state index contributed by atoms with van der Waals surface area (Å²) in [5, 5.41) is 5.64. The van der Waals surface area contributed by atoms with Crippen LogP contribution in [0.4, 0.5) is 30.5 Å². The van der Waals surface area contributed by atoms with Gasteiger partial charge in [-0.3, -0.25) is 0 Å². The zero-order valence-electron chi connectivity index (χ0n) is 10.3. The van der Waals surface area contributed by atoms with Crippen molar-refractivity contribution in [2.24, 2.45) is 0 Å². The first-order valence-corrected chi connectivity index (χ1v) is 6.33. The molecule has 0 unspecified atom stereocenters. The van der Waals surface area contributed by atoms with Gasteiger partial charge in [-0.1, -0.05) is 0 Å². The van der Waals surface area contributed by atoms with E-state index in [-0.39, 0.29) is 5.69 Å². The van der Waals surface area contributed by atoms with Gasteiger partial charge in [-0.25, -0.2) is 9.97 Å². The maximum absolute atomic E-state index is 12.7. The van der Waals surface area contributed by atoms with Crippen molar-refractivity contribution in [3.05, 3.63) is 40.6 Å². The molecule has 106 valence electrons. The highest BCUT2D eigenvalue weighted by Gasteiger charge is 2.30. The molecule has 0 aliphatic rings. The number of halogens is 4. The van der Waals surface area contributed by atoms with Crippen molar-refractivity contribution in [1.29, 1.82) is 0 Å². The van der Waals surface area contributed by atoms with E-state index >= 15 is 0 Å². The molecule has 0 saturated carbocycles. The highest BCUT2D eigenvalue weighted by atomic mass is 79.9. The number of alkyl halides is 3. The summed E-state index contributed by atoms with van der Waals surface area (Å²) < 4.78 is 38.5. The highest BCUT2D eigenvalue weighted by Crippen LogP contribution is 2.34. The molecule has 4 nitrogen and oxygen atoms in total. The van der Waals surface area contributed by atoms with Gasteiger partial charge >= 0.3 is 6.18 Å². The van der Waals surface area contributed by atoms with Crippen LogP contribution in [-0.4, -0.2) is 17.0 Å². The Morgan fingerprint density at radius 2 is 1.80 bits per heavy atom. The van der Waals surface area contributed by atoms with E-state index in [0.717, 1.165) is 12.1 Å². The van der Waals surface area contributed by atoms with Gasteiger partial charge < -0.3 is 10.6 Å². The average molecular weight is 347 g/mol. The fourth-order valence-corrected chi connectivity index (χ4v) is 1.84. The van der Waals surface area contributed by atoms with E-state index in [9.17, 15) is 13.2 Å². The Kier molecular flexibility index (Phi) is 4.12. The van der Waals surface area contributed by atoms with Crippen LogP contribution in [0.15, 0.2) is 35.1 Å². The number of benzene rings is 1. The van der Waals surface area contributed by atoms with Crippen molar-refractivity contribution in [3.8, 4) is 0 Å². The number of nitrogens with one attached hydrogen (secondary N) is 2. The Balaban J connectivity index is 2.32. The minimum atomic E-state index is -4.39. The molecule has 2 rings (SSSR count). The predicted molar refractivity (Wildman–Crippen MR) is 74.0 cm³/mol. The quantitative estimate of drug-likeness (QED) is 0.880. The Morgan fingerprint density at radius 3 is 2.45 bits per heavy atom. The molecule has 0 radical (unpaired) electrons. The van der Waals surface area contributed by atoms with Gasteiger partial charge in [-0.15, -0.1) is 0 Å². The van der Waals surface area contributed by atoms with Gasteiger partial charge in [0.25, 0.3) is 0 Å². The van der Waals surface area contributed by atoms with E-state index in [0.29, 0.717) is 16.1 Å². The molecule has 0 saturated heterocycles. The van der Waals surface area contributed by atoms with E-state index in [1.54, 1.807) is 13.1 Å². The summed E-state index contributed by atoms with van der Waals surface area (Å²) in [7, 11) is 1.69. The van der Waals surface area contributed by atoms with Crippen molar-refractivity contribution >= 4 is 33.3 Å². The molecule has 0 spiro atoms. The van der Waals surface area contributed by atoms with Crippen molar-refractivity contribution in [3.63, 3.8) is 0 Å². The topological polar surface area (TPSA) is 49.8 Å². The average Bonchev–Trinajstić information content (AvgIpc) is 2.40. The number of anilines is 3. The van der Waals surface area contributed by atoms with Crippen LogP contribution < -0.4 is 10.6 Å². The molecular weight excluding hydrogens is 337 g/mol. The molecule has 0 aliphatic heterocycles. The summed E-state index contributed by atoms with van der Waals surface area (Å²) in [6.45, 7) is 0. The zero-order chi connectivity index (χ0) is 14.8. The van der Waals surface area contributed by atoms with Gasteiger partial charge in [0.15, 0.2) is 0 Å². The lowest BCUT2D eigenvalue weighted by molar-refractivity contribution is -0.137. The second-order valence-electron chi connectivity index (χ2n) is 3.86. The van der Waals surface area contributed by atoms with Crippen LogP contribution in [-0.2, 0) is 6.18 Å². The molecule has 8 heteroatoms. The van der Waals surface area contributed by atoms with E-state index in [4.69, 9.17) is 0 Å². The van der Waals surface area contributed by atoms with E-state index in [1.165, 1.54) is 12.4 Å². The van der Waals surface area contributed by atoms with Crippen LogP contribution >= 0.6 is 15.9 Å². The van der Waals surface area contributed by atoms with E-state index in [1.807, 2.05) is 0 Å².